The fraction of sp³-hybridized carbons (Fsp3) is 0. The number of nitrogens with zero attached hydrogens (tertiary/aromatic N) is 8. The Morgan fingerprint density at radius 1 is 0.176 bits per heavy atom. The van der Waals surface area contributed by atoms with Crippen LogP contribution in [0.2, 0.25) is 0 Å². The Balaban J connectivity index is 0.000000165. The molecule has 17 aromatic rings. The van der Waals surface area contributed by atoms with E-state index in [-0.39, 0.29) is 39.6 Å². The second-order valence-electron chi connectivity index (χ2n) is 20.7. The maximum atomic E-state index is 12.1. The van der Waals surface area contributed by atoms with Gasteiger partial charge in [0.2, 0.25) is 0 Å². The zero-order valence-electron chi connectivity index (χ0n) is 53.1. The van der Waals surface area contributed by atoms with Crippen LogP contribution in [-0.2, 0) is 39.6 Å². The molecule has 514 valence electrons. The van der Waals surface area contributed by atoms with Gasteiger partial charge in [0.1, 0.15) is 0 Å². The average Bonchev–Trinajstić information content (AvgIpc) is 0.740. The molecule has 102 heavy (non-hydrogen) atoms. The molecule has 24 heteroatoms. The van der Waals surface area contributed by atoms with Crippen molar-refractivity contribution in [2.75, 3.05) is 0 Å². The molecule has 0 fully saturated rings. The normalized spacial score (nSPS) is 10.4. The van der Waals surface area contributed by atoms with E-state index in [1.807, 2.05) is 255 Å². The smallest absolute Gasteiger partial charge is 0.0886 e. The van der Waals surface area contributed by atoms with Crippen LogP contribution < -0.4 is 57.7 Å². The maximum Gasteiger partial charge on any atom is 0.0886 e. The van der Waals surface area contributed by atoms with Crippen LogP contribution in [0.25, 0.3) is 110 Å². The van der Waals surface area contributed by atoms with Gasteiger partial charge in [0.25, 0.3) is 0 Å². The van der Waals surface area contributed by atoms with Gasteiger partial charge in [-0.1, -0.05) is 182 Å². The molecule has 8 heterocycles. The van der Waals surface area contributed by atoms with Crippen LogP contribution in [-0.4, -0.2) is 39.9 Å². The monoisotopic (exact) mass is 1750 g/mol. The maximum absolute atomic E-state index is 12.1. The molecular weight excluding hydrogens is 1690 g/mol. The summed E-state index contributed by atoms with van der Waals surface area (Å²) in [5, 5.41) is 58.2. The summed E-state index contributed by atoms with van der Waals surface area (Å²) in [6, 6.07) is 88.5. The van der Waals surface area contributed by atoms with Gasteiger partial charge >= 0.3 is 0 Å². The Hall–Kier alpha value is -11.0. The summed E-state index contributed by atoms with van der Waals surface area (Å²) >= 11 is 0. The first-order valence-corrected chi connectivity index (χ1v) is 32.5. The van der Waals surface area contributed by atoms with Gasteiger partial charge < -0.3 is 20.4 Å². The number of halogens is 2. The molecule has 9 aromatic carbocycles. The summed E-state index contributed by atoms with van der Waals surface area (Å²) in [5.41, 5.74) is 7.32. The van der Waals surface area contributed by atoms with Gasteiger partial charge in [0, 0.05) is 89.2 Å². The molecule has 17 rings (SSSR count). The molecule has 0 amide bonds. The third-order valence-corrected chi connectivity index (χ3v) is 14.2. The first-order valence-electron chi connectivity index (χ1n) is 30.0. The summed E-state index contributed by atoms with van der Waals surface area (Å²) in [6.45, 7) is 0. The van der Waals surface area contributed by atoms with Crippen LogP contribution in [0.1, 0.15) is 0 Å². The molecular formula is C78H54Cl2N8O12Os2-6. The predicted octanol–water partition coefficient (Wildman–Crippen LogP) is 6.21. The van der Waals surface area contributed by atoms with Gasteiger partial charge in [-0.15, -0.1) is 43.5 Å². The van der Waals surface area contributed by atoms with Crippen LogP contribution >= 0.6 is 0 Å². The Kier molecular flexibility index (Phi) is 30.0. The minimum absolute atomic E-state index is 0. The first kappa shape index (κ1) is 78.3. The van der Waals surface area contributed by atoms with Crippen molar-refractivity contribution in [3.63, 3.8) is 0 Å². The minimum Gasteiger partial charge on any atom is -0.872 e. The van der Waals surface area contributed by atoms with Gasteiger partial charge in [0.05, 0.1) is 45.6 Å². The van der Waals surface area contributed by atoms with Gasteiger partial charge in [-0.05, 0) is 162 Å². The molecule has 0 N–H and O–H groups in total. The van der Waals surface area contributed by atoms with Crippen molar-refractivity contribution in [2.45, 2.75) is 0 Å². The number of benzene rings is 9. The van der Waals surface area contributed by atoms with Gasteiger partial charge in [0.15, 0.2) is 0 Å². The number of hydrogen-bond acceptors (Lipinski definition) is 20. The van der Waals surface area contributed by atoms with E-state index in [0.29, 0.717) is 21.5 Å². The fourth-order valence-electron chi connectivity index (χ4n) is 10.1. The largest absolute Gasteiger partial charge is 0.872 e. The third-order valence-electron chi connectivity index (χ3n) is 14.2. The van der Waals surface area contributed by atoms with Crippen LogP contribution in [0, 0.1) is 20.5 Å². The molecule has 0 spiro atoms. The predicted molar refractivity (Wildman–Crippen MR) is 354 cm³/mol. The van der Waals surface area contributed by atoms with Gasteiger partial charge in [-0.2, -0.15) is 0 Å². The van der Waals surface area contributed by atoms with Gasteiger partial charge in [-0.3, -0.25) is 39.9 Å². The Bertz CT molecular complexity index is 4430. The summed E-state index contributed by atoms with van der Waals surface area (Å²) in [5.74, 6) is -1.59. The van der Waals surface area contributed by atoms with Crippen molar-refractivity contribution in [3.05, 3.63) is 329 Å². The second kappa shape index (κ2) is 39.1. The van der Waals surface area contributed by atoms with Crippen molar-refractivity contribution >= 4 is 64.6 Å². The van der Waals surface area contributed by atoms with Gasteiger partial charge in [-0.25, -0.2) is 37.3 Å². The molecule has 20 nitrogen and oxygen atoms in total. The van der Waals surface area contributed by atoms with E-state index in [0.717, 1.165) is 88.6 Å². The number of rotatable bonds is 4. The van der Waals surface area contributed by atoms with Crippen LogP contribution in [0.3, 0.4) is 0 Å². The molecule has 8 aromatic heterocycles. The zero-order chi connectivity index (χ0) is 70.7. The van der Waals surface area contributed by atoms with E-state index < -0.39 is 43.5 Å². The third kappa shape index (κ3) is 23.0. The van der Waals surface area contributed by atoms with Crippen LogP contribution in [0.15, 0.2) is 329 Å². The van der Waals surface area contributed by atoms with E-state index in [1.165, 1.54) is 0 Å². The molecule has 0 unspecified atom stereocenters. The minimum atomic E-state index is -4.94. The zero-order valence-corrected chi connectivity index (χ0v) is 59.7. The van der Waals surface area contributed by atoms with Crippen molar-refractivity contribution in [1.29, 1.82) is 0 Å². The van der Waals surface area contributed by atoms with Crippen LogP contribution in [0.4, 0.5) is 0 Å². The Morgan fingerprint density at radius 2 is 0.324 bits per heavy atom. The molecule has 0 radical (unpaired) electrons. The molecule has 0 atom stereocenters. The topological polar surface area (TPSA) is 380 Å². The van der Waals surface area contributed by atoms with E-state index >= 15 is 0 Å². The number of pyridine rings is 8. The Labute approximate surface area is 615 Å². The molecule has 0 aliphatic carbocycles. The summed E-state index contributed by atoms with van der Waals surface area (Å²) in [7, 11) is -9.89. The number of aromatic nitrogens is 8. The van der Waals surface area contributed by atoms with Crippen molar-refractivity contribution in [1.82, 2.24) is 39.9 Å². The SMILES string of the molecule is [O-][Cl+3]([O-])([O-])[O-].[O-][Cl+3]([O-])([O-])[O-].[O-]c1c([O-])c2cccc3ccc4cccc1c4c32.[O-]c1c([O-])c2cccc3ccc4cccc1c4c32.[Os].[Os].c1ccc(-c2ccccn2)nc1.c1ccc(-c2ccccn2)nc1.c1ccc(-c2ccccn2)nc1.c1ccc(-c2ccccn2)nc1.c1ccccc1. The molecule has 0 saturated heterocycles. The molecule has 0 saturated carbocycles. The fourth-order valence-corrected chi connectivity index (χ4v) is 10.1. The van der Waals surface area contributed by atoms with Crippen molar-refractivity contribution in [3.8, 4) is 68.5 Å². The summed E-state index contributed by atoms with van der Waals surface area (Å²) in [6.07, 6.45) is 14.1. The second-order valence-corrected chi connectivity index (χ2v) is 22.2. The summed E-state index contributed by atoms with van der Waals surface area (Å²) < 4.78 is 67.9. The van der Waals surface area contributed by atoms with E-state index in [9.17, 15) is 20.4 Å². The first-order chi connectivity index (χ1) is 48.4. The molecule has 0 aliphatic heterocycles. The quantitative estimate of drug-likeness (QED) is 0.177. The number of hydrogen-bond donors (Lipinski definition) is 0. The van der Waals surface area contributed by atoms with Crippen LogP contribution in [0.5, 0.6) is 23.0 Å². The van der Waals surface area contributed by atoms with Crippen molar-refractivity contribution in [2.24, 2.45) is 0 Å². The molecule has 0 aliphatic rings. The average molecular weight is 1750 g/mol. The van der Waals surface area contributed by atoms with E-state index in [4.69, 9.17) is 37.3 Å². The summed E-state index contributed by atoms with van der Waals surface area (Å²) in [4.78, 5) is 33.5. The standard InChI is InChI=1S/2C16H10O2.4C10H8N2.C6H6.2ClHO4.2Os/c2*17-15-11-5-1-3-9-7-8-10-4-2-6-12(16(15)18)14(10)13(9)11;4*1-3-7-11-9(5-1)10-6-2-4-8-12-10;1-2-4-6-5-3-1;2*2-1(3,4)5;;/h2*1-8,17-18H;4*1-8H;1-6H;2*(H,2,3,4,5);;/p-6. The van der Waals surface area contributed by atoms with E-state index in [2.05, 4.69) is 39.9 Å². The Morgan fingerprint density at radius 3 is 0.451 bits per heavy atom. The van der Waals surface area contributed by atoms with E-state index in [1.54, 1.807) is 73.8 Å². The van der Waals surface area contributed by atoms with Crippen molar-refractivity contribution < 1.29 is 118 Å². The molecule has 0 bridgehead atoms.